The Bertz CT molecular complexity index is 446. The normalized spacial score (nSPS) is 14.4. The molecule has 0 atom stereocenters. The van der Waals surface area contributed by atoms with E-state index in [0.717, 1.165) is 28.6 Å². The average Bonchev–Trinajstić information content (AvgIpc) is 3.12. The molecule has 0 heterocycles. The summed E-state index contributed by atoms with van der Waals surface area (Å²) in [6.45, 7) is 0.887. The molecule has 3 N–H and O–H groups in total. The Morgan fingerprint density at radius 1 is 1.56 bits per heavy atom. The first-order valence-corrected chi connectivity index (χ1v) is 6.88. The summed E-state index contributed by atoms with van der Waals surface area (Å²) in [4.78, 5) is 13.6. The van der Waals surface area contributed by atoms with Crippen molar-refractivity contribution in [2.24, 2.45) is 5.73 Å². The molecule has 0 aromatic heterocycles. The van der Waals surface area contributed by atoms with Crippen molar-refractivity contribution in [2.45, 2.75) is 25.4 Å². The third-order valence-corrected chi connectivity index (χ3v) is 3.76. The van der Waals surface area contributed by atoms with E-state index in [1.165, 1.54) is 0 Å². The van der Waals surface area contributed by atoms with E-state index in [2.05, 4.69) is 21.2 Å². The van der Waals surface area contributed by atoms with Gasteiger partial charge in [-0.3, -0.25) is 4.79 Å². The van der Waals surface area contributed by atoms with Crippen molar-refractivity contribution in [3.8, 4) is 0 Å². The molecule has 1 fully saturated rings. The largest absolute Gasteiger partial charge is 0.365 e. The van der Waals surface area contributed by atoms with Crippen LogP contribution in [0.4, 0.5) is 5.69 Å². The van der Waals surface area contributed by atoms with Gasteiger partial charge in [-0.05, 0) is 30.5 Å². The number of likely N-dealkylation sites (N-methyl/N-ethyl adjacent to an activating group) is 1. The fourth-order valence-electron chi connectivity index (χ4n) is 1.75. The van der Waals surface area contributed by atoms with Crippen LogP contribution in [0.15, 0.2) is 22.7 Å². The second-order valence-electron chi connectivity index (χ2n) is 4.68. The number of nitrogens with one attached hydrogen (secondary N) is 1. The highest BCUT2D eigenvalue weighted by molar-refractivity contribution is 9.10. The summed E-state index contributed by atoms with van der Waals surface area (Å²) in [7, 11) is 1.91. The Balaban J connectivity index is 1.96. The third-order valence-electron chi connectivity index (χ3n) is 3.02. The zero-order chi connectivity index (χ0) is 13.1. The van der Waals surface area contributed by atoms with Gasteiger partial charge in [-0.15, -0.1) is 0 Å². The van der Waals surface area contributed by atoms with Crippen molar-refractivity contribution in [1.82, 2.24) is 5.32 Å². The van der Waals surface area contributed by atoms with Crippen LogP contribution < -0.4 is 16.0 Å². The molecule has 5 heteroatoms. The number of amides is 1. The number of nitrogens with zero attached hydrogens (tertiary/aromatic N) is 1. The molecule has 0 radical (unpaired) electrons. The maximum absolute atomic E-state index is 11.7. The minimum atomic E-state index is 0.0824. The molecule has 1 amide bonds. The Kier molecular flexibility index (Phi) is 4.24. The first-order valence-electron chi connectivity index (χ1n) is 6.09. The van der Waals surface area contributed by atoms with Gasteiger partial charge in [-0.25, -0.2) is 0 Å². The van der Waals surface area contributed by atoms with Crippen molar-refractivity contribution in [1.29, 1.82) is 0 Å². The monoisotopic (exact) mass is 311 g/mol. The summed E-state index contributed by atoms with van der Waals surface area (Å²) in [6.07, 6.45) is 2.23. The lowest BCUT2D eigenvalue weighted by Crippen LogP contribution is -2.36. The molecule has 1 saturated carbocycles. The smallest absolute Gasteiger partial charge is 0.239 e. The molecule has 1 aromatic rings. The van der Waals surface area contributed by atoms with Gasteiger partial charge in [-0.1, -0.05) is 22.0 Å². The van der Waals surface area contributed by atoms with Gasteiger partial charge in [0.1, 0.15) is 0 Å². The molecule has 2 rings (SSSR count). The Morgan fingerprint density at radius 2 is 2.28 bits per heavy atom. The summed E-state index contributed by atoms with van der Waals surface area (Å²) < 4.78 is 0.983. The van der Waals surface area contributed by atoms with Crippen LogP contribution in [0.3, 0.4) is 0 Å². The Hall–Kier alpha value is -1.07. The van der Waals surface area contributed by atoms with E-state index >= 15 is 0 Å². The summed E-state index contributed by atoms with van der Waals surface area (Å²) in [6, 6.07) is 6.37. The lowest BCUT2D eigenvalue weighted by atomic mass is 10.2. The van der Waals surface area contributed by atoms with E-state index in [4.69, 9.17) is 5.73 Å². The molecule has 4 nitrogen and oxygen atoms in total. The lowest BCUT2D eigenvalue weighted by molar-refractivity contribution is -0.119. The first-order chi connectivity index (χ1) is 8.60. The molecule has 18 heavy (non-hydrogen) atoms. The van der Waals surface area contributed by atoms with Crippen molar-refractivity contribution >= 4 is 27.5 Å². The van der Waals surface area contributed by atoms with Crippen LogP contribution in [0, 0.1) is 0 Å². The van der Waals surface area contributed by atoms with Gasteiger partial charge in [-0.2, -0.15) is 0 Å². The number of hydrogen-bond donors (Lipinski definition) is 2. The number of carbonyl (C=O) groups is 1. The number of benzene rings is 1. The van der Waals surface area contributed by atoms with E-state index in [1.54, 1.807) is 0 Å². The Morgan fingerprint density at radius 3 is 2.83 bits per heavy atom. The van der Waals surface area contributed by atoms with E-state index in [9.17, 15) is 4.79 Å². The van der Waals surface area contributed by atoms with Gasteiger partial charge in [0, 0.05) is 29.8 Å². The zero-order valence-corrected chi connectivity index (χ0v) is 12.0. The predicted molar refractivity (Wildman–Crippen MR) is 76.5 cm³/mol. The highest BCUT2D eigenvalue weighted by Gasteiger charge is 2.23. The minimum Gasteiger partial charge on any atom is -0.365 e. The summed E-state index contributed by atoms with van der Waals surface area (Å²) in [5.74, 6) is 0.0824. The van der Waals surface area contributed by atoms with Crippen LogP contribution in [0.2, 0.25) is 0 Å². The SMILES string of the molecule is CN(CC(=O)NC1CC1)c1ccc(CN)c(Br)c1. The number of anilines is 1. The average molecular weight is 312 g/mol. The summed E-state index contributed by atoms with van der Waals surface area (Å²) in [5, 5.41) is 2.98. The Labute approximate surface area is 116 Å². The molecular formula is C13H18BrN3O. The first kappa shape index (κ1) is 13.4. The van der Waals surface area contributed by atoms with Crippen molar-refractivity contribution < 1.29 is 4.79 Å². The summed E-state index contributed by atoms with van der Waals surface area (Å²) in [5.41, 5.74) is 7.68. The lowest BCUT2D eigenvalue weighted by Gasteiger charge is -2.19. The topological polar surface area (TPSA) is 58.4 Å². The standard InChI is InChI=1S/C13H18BrN3O/c1-17(8-13(18)16-10-3-4-10)11-5-2-9(7-15)12(14)6-11/h2,5-6,10H,3-4,7-8,15H2,1H3,(H,16,18). The molecule has 1 aliphatic carbocycles. The highest BCUT2D eigenvalue weighted by Crippen LogP contribution is 2.23. The number of hydrogen-bond acceptors (Lipinski definition) is 3. The molecule has 0 saturated heterocycles. The maximum Gasteiger partial charge on any atom is 0.239 e. The van der Waals surface area contributed by atoms with Gasteiger partial charge in [0.25, 0.3) is 0 Å². The predicted octanol–water partition coefficient (Wildman–Crippen LogP) is 1.62. The number of carbonyl (C=O) groups excluding carboxylic acids is 1. The maximum atomic E-state index is 11.7. The van der Waals surface area contributed by atoms with Gasteiger partial charge >= 0.3 is 0 Å². The summed E-state index contributed by atoms with van der Waals surface area (Å²) >= 11 is 3.48. The van der Waals surface area contributed by atoms with E-state index in [-0.39, 0.29) is 5.91 Å². The quantitative estimate of drug-likeness (QED) is 0.869. The molecule has 1 aliphatic rings. The van der Waals surface area contributed by atoms with Gasteiger partial charge < -0.3 is 16.0 Å². The third kappa shape index (κ3) is 3.46. The van der Waals surface area contributed by atoms with Gasteiger partial charge in [0.2, 0.25) is 5.91 Å². The molecule has 1 aromatic carbocycles. The second kappa shape index (κ2) is 5.71. The van der Waals surface area contributed by atoms with Crippen LogP contribution in [0.1, 0.15) is 18.4 Å². The molecule has 0 aliphatic heterocycles. The minimum absolute atomic E-state index is 0.0824. The molecule has 0 spiro atoms. The molecule has 98 valence electrons. The van der Waals surface area contributed by atoms with Crippen molar-refractivity contribution in [3.05, 3.63) is 28.2 Å². The van der Waals surface area contributed by atoms with Crippen molar-refractivity contribution in [2.75, 3.05) is 18.5 Å². The van der Waals surface area contributed by atoms with Gasteiger partial charge in [0.15, 0.2) is 0 Å². The van der Waals surface area contributed by atoms with E-state index in [1.807, 2.05) is 30.1 Å². The zero-order valence-electron chi connectivity index (χ0n) is 10.4. The van der Waals surface area contributed by atoms with Crippen LogP contribution in [0.25, 0.3) is 0 Å². The van der Waals surface area contributed by atoms with Gasteiger partial charge in [0.05, 0.1) is 6.54 Å². The van der Waals surface area contributed by atoms with Crippen LogP contribution in [0.5, 0.6) is 0 Å². The van der Waals surface area contributed by atoms with Crippen LogP contribution in [-0.4, -0.2) is 25.5 Å². The number of nitrogens with two attached hydrogens (primary N) is 1. The van der Waals surface area contributed by atoms with E-state index in [0.29, 0.717) is 19.1 Å². The fourth-order valence-corrected chi connectivity index (χ4v) is 2.28. The van der Waals surface area contributed by atoms with E-state index < -0.39 is 0 Å². The molecule has 0 bridgehead atoms. The van der Waals surface area contributed by atoms with Crippen LogP contribution in [-0.2, 0) is 11.3 Å². The fraction of sp³-hybridized carbons (Fsp3) is 0.462. The second-order valence-corrected chi connectivity index (χ2v) is 5.53. The number of halogens is 1. The number of rotatable bonds is 5. The van der Waals surface area contributed by atoms with Crippen molar-refractivity contribution in [3.63, 3.8) is 0 Å². The molecule has 0 unspecified atom stereocenters. The molecular weight excluding hydrogens is 294 g/mol. The van der Waals surface area contributed by atoms with Crippen LogP contribution >= 0.6 is 15.9 Å². The highest BCUT2D eigenvalue weighted by atomic mass is 79.9.